The highest BCUT2D eigenvalue weighted by atomic mass is 19.4. The number of alkyl halides is 5. The Balaban J connectivity index is 1.60. The molecule has 0 radical (unpaired) electrons. The first-order valence-corrected chi connectivity index (χ1v) is 10.6. The van der Waals surface area contributed by atoms with Crippen LogP contribution >= 0.6 is 0 Å². The zero-order valence-corrected chi connectivity index (χ0v) is 18.2. The van der Waals surface area contributed by atoms with Gasteiger partial charge in [-0.05, 0) is 31.1 Å². The number of aromatic nitrogens is 1. The van der Waals surface area contributed by atoms with Crippen LogP contribution in [-0.2, 0) is 9.53 Å². The van der Waals surface area contributed by atoms with Crippen molar-refractivity contribution in [1.29, 1.82) is 0 Å². The molecule has 4 rings (SSSR count). The summed E-state index contributed by atoms with van der Waals surface area (Å²) < 4.78 is 76.5. The monoisotopic (exact) mass is 483 g/mol. The fraction of sp³-hybridized carbons (Fsp3) is 0.417. The SMILES string of the molecule is C[C@H]1OC(=O)[C@]2(O)CC(F)(F)[C@@H](C)[C@H](C=Cc3ccc(-c4ccccc4OC(F)(F)F)cn3)[C@H]12. The van der Waals surface area contributed by atoms with Gasteiger partial charge < -0.3 is 14.6 Å². The maximum Gasteiger partial charge on any atom is 0.573 e. The van der Waals surface area contributed by atoms with E-state index in [2.05, 4.69) is 9.72 Å². The fourth-order valence-electron chi connectivity index (χ4n) is 4.88. The smallest absolute Gasteiger partial charge is 0.460 e. The Bertz CT molecular complexity index is 1100. The fourth-order valence-corrected chi connectivity index (χ4v) is 4.88. The van der Waals surface area contributed by atoms with Gasteiger partial charge in [0.15, 0.2) is 5.60 Å². The van der Waals surface area contributed by atoms with Crippen LogP contribution in [0.3, 0.4) is 0 Å². The molecule has 0 bridgehead atoms. The number of nitrogens with zero attached hydrogens (tertiary/aromatic N) is 1. The Morgan fingerprint density at radius 3 is 2.53 bits per heavy atom. The average Bonchev–Trinajstić information content (AvgIpc) is 2.95. The van der Waals surface area contributed by atoms with Crippen LogP contribution in [0.2, 0.25) is 0 Å². The molecular weight excluding hydrogens is 461 g/mol. The molecule has 2 fully saturated rings. The molecular formula is C24H22F5NO4. The third kappa shape index (κ3) is 4.38. The van der Waals surface area contributed by atoms with Crippen molar-refractivity contribution in [1.82, 2.24) is 4.98 Å². The lowest BCUT2D eigenvalue weighted by Crippen LogP contribution is -2.57. The molecule has 34 heavy (non-hydrogen) atoms. The van der Waals surface area contributed by atoms with Crippen molar-refractivity contribution in [3.63, 3.8) is 0 Å². The minimum absolute atomic E-state index is 0.184. The normalized spacial score (nSPS) is 30.8. The molecule has 5 atom stereocenters. The van der Waals surface area contributed by atoms with Crippen molar-refractivity contribution < 1.29 is 41.3 Å². The van der Waals surface area contributed by atoms with Crippen LogP contribution in [-0.4, -0.2) is 40.0 Å². The summed E-state index contributed by atoms with van der Waals surface area (Å²) in [5.41, 5.74) is -1.36. The van der Waals surface area contributed by atoms with Crippen molar-refractivity contribution in [3.8, 4) is 16.9 Å². The van der Waals surface area contributed by atoms with Crippen molar-refractivity contribution in [3.05, 3.63) is 54.4 Å². The van der Waals surface area contributed by atoms with Gasteiger partial charge in [-0.15, -0.1) is 13.2 Å². The van der Waals surface area contributed by atoms with E-state index in [4.69, 9.17) is 4.74 Å². The molecule has 2 heterocycles. The van der Waals surface area contributed by atoms with E-state index in [0.717, 1.165) is 0 Å². The minimum atomic E-state index is -4.85. The largest absolute Gasteiger partial charge is 0.573 e. The Kier molecular flexibility index (Phi) is 5.91. The molecule has 10 heteroatoms. The van der Waals surface area contributed by atoms with Crippen LogP contribution in [0.4, 0.5) is 22.0 Å². The summed E-state index contributed by atoms with van der Waals surface area (Å²) >= 11 is 0. The standard InChI is InChI=1S/C24H22F5NO4/c1-13-17(20-14(2)33-21(31)22(20,32)12-23(13,25)26)10-9-16-8-7-15(11-30-16)18-5-3-4-6-19(18)34-24(27,28)29/h3-11,13-14,17,20,32H,12H2,1-2H3/t13-,14+,17-,20-,22-/m0/s1. The van der Waals surface area contributed by atoms with Gasteiger partial charge in [0.25, 0.3) is 5.92 Å². The minimum Gasteiger partial charge on any atom is -0.460 e. The topological polar surface area (TPSA) is 68.7 Å². The zero-order chi connectivity index (χ0) is 24.9. The summed E-state index contributed by atoms with van der Waals surface area (Å²) in [6, 6.07) is 8.67. The third-order valence-corrected chi connectivity index (χ3v) is 6.57. The Hall–Kier alpha value is -3.01. The van der Waals surface area contributed by atoms with Gasteiger partial charge in [0.05, 0.1) is 12.1 Å². The second-order valence-electron chi connectivity index (χ2n) is 8.74. The Morgan fingerprint density at radius 2 is 1.88 bits per heavy atom. The highest BCUT2D eigenvalue weighted by Gasteiger charge is 2.67. The first-order valence-electron chi connectivity index (χ1n) is 10.6. The number of benzene rings is 1. The second kappa shape index (κ2) is 8.33. The molecule has 1 N–H and O–H groups in total. The molecule has 182 valence electrons. The van der Waals surface area contributed by atoms with Gasteiger partial charge in [-0.1, -0.05) is 37.3 Å². The van der Waals surface area contributed by atoms with Crippen molar-refractivity contribution >= 4 is 12.0 Å². The number of aliphatic hydroxyl groups is 1. The molecule has 1 saturated heterocycles. The Morgan fingerprint density at radius 1 is 1.18 bits per heavy atom. The van der Waals surface area contributed by atoms with E-state index in [1.807, 2.05) is 0 Å². The highest BCUT2D eigenvalue weighted by Crippen LogP contribution is 2.54. The van der Waals surface area contributed by atoms with Crippen LogP contribution in [0, 0.1) is 17.8 Å². The van der Waals surface area contributed by atoms with Crippen molar-refractivity contribution in [2.45, 2.75) is 44.3 Å². The number of hydrogen-bond acceptors (Lipinski definition) is 5. The molecule has 1 aliphatic carbocycles. The molecule has 0 unspecified atom stereocenters. The molecule has 0 spiro atoms. The number of allylic oxidation sites excluding steroid dienone is 1. The molecule has 1 aromatic heterocycles. The first-order chi connectivity index (χ1) is 15.8. The first kappa shape index (κ1) is 24.1. The number of cyclic esters (lactones) is 1. The number of carbonyl (C=O) groups excluding carboxylic acids is 1. The van der Waals surface area contributed by atoms with E-state index in [1.165, 1.54) is 55.6 Å². The van der Waals surface area contributed by atoms with E-state index in [9.17, 15) is 31.9 Å². The molecule has 5 nitrogen and oxygen atoms in total. The number of rotatable bonds is 4. The number of ether oxygens (including phenoxy) is 2. The van der Waals surface area contributed by atoms with Crippen LogP contribution < -0.4 is 4.74 Å². The van der Waals surface area contributed by atoms with E-state index in [-0.39, 0.29) is 11.3 Å². The lowest BCUT2D eigenvalue weighted by molar-refractivity contribution is -0.274. The third-order valence-electron chi connectivity index (χ3n) is 6.57. The van der Waals surface area contributed by atoms with Gasteiger partial charge in [-0.25, -0.2) is 13.6 Å². The summed E-state index contributed by atoms with van der Waals surface area (Å²) in [7, 11) is 0. The number of fused-ring (bicyclic) bond motifs is 1. The molecule has 1 saturated carbocycles. The number of halogens is 5. The summed E-state index contributed by atoms with van der Waals surface area (Å²) in [5.74, 6) is -7.61. The summed E-state index contributed by atoms with van der Waals surface area (Å²) in [6.45, 7) is 2.92. The lowest BCUT2D eigenvalue weighted by Gasteiger charge is -2.45. The molecule has 1 aromatic carbocycles. The lowest BCUT2D eigenvalue weighted by atomic mass is 9.62. The Labute approximate surface area is 192 Å². The number of pyridine rings is 1. The van der Waals surface area contributed by atoms with Crippen molar-refractivity contribution in [2.75, 3.05) is 0 Å². The number of esters is 1. The van der Waals surface area contributed by atoms with Crippen LogP contribution in [0.15, 0.2) is 48.7 Å². The van der Waals surface area contributed by atoms with Gasteiger partial charge in [0.1, 0.15) is 11.9 Å². The van der Waals surface area contributed by atoms with Gasteiger partial charge >= 0.3 is 12.3 Å². The predicted octanol–water partition coefficient (Wildman–Crippen LogP) is 5.24. The average molecular weight is 483 g/mol. The van der Waals surface area contributed by atoms with E-state index < -0.39 is 54.1 Å². The zero-order valence-electron chi connectivity index (χ0n) is 18.2. The number of hydrogen-bond donors (Lipinski definition) is 1. The van der Waals surface area contributed by atoms with Gasteiger partial charge in [-0.2, -0.15) is 0 Å². The molecule has 2 aliphatic rings. The quantitative estimate of drug-likeness (QED) is 0.476. The van der Waals surface area contributed by atoms with Gasteiger partial charge in [0, 0.05) is 29.2 Å². The highest BCUT2D eigenvalue weighted by molar-refractivity contribution is 5.83. The summed E-state index contributed by atoms with van der Waals surface area (Å²) in [4.78, 5) is 16.3. The van der Waals surface area contributed by atoms with E-state index in [1.54, 1.807) is 13.0 Å². The van der Waals surface area contributed by atoms with Crippen LogP contribution in [0.5, 0.6) is 5.75 Å². The number of para-hydroxylation sites is 1. The van der Waals surface area contributed by atoms with Crippen molar-refractivity contribution in [2.24, 2.45) is 17.8 Å². The van der Waals surface area contributed by atoms with Crippen LogP contribution in [0.1, 0.15) is 26.0 Å². The van der Waals surface area contributed by atoms with Gasteiger partial charge in [-0.3, -0.25) is 4.98 Å². The molecule has 2 aromatic rings. The maximum atomic E-state index is 14.6. The molecule has 0 amide bonds. The number of carbonyl (C=O) groups is 1. The molecule has 1 aliphatic heterocycles. The van der Waals surface area contributed by atoms with E-state index >= 15 is 0 Å². The maximum absolute atomic E-state index is 14.6. The predicted molar refractivity (Wildman–Crippen MR) is 112 cm³/mol. The van der Waals surface area contributed by atoms with Crippen LogP contribution in [0.25, 0.3) is 17.2 Å². The van der Waals surface area contributed by atoms with Gasteiger partial charge in [0.2, 0.25) is 0 Å². The van der Waals surface area contributed by atoms with E-state index in [0.29, 0.717) is 11.3 Å². The summed E-state index contributed by atoms with van der Waals surface area (Å²) in [6.07, 6.45) is -2.28. The second-order valence-corrected chi connectivity index (χ2v) is 8.74. The summed E-state index contributed by atoms with van der Waals surface area (Å²) in [5, 5.41) is 10.7.